The van der Waals surface area contributed by atoms with Crippen molar-refractivity contribution in [1.29, 1.82) is 0 Å². The van der Waals surface area contributed by atoms with Crippen molar-refractivity contribution in [3.63, 3.8) is 0 Å². The zero-order chi connectivity index (χ0) is 19.3. The number of para-hydroxylation sites is 1. The molecule has 3 heterocycles. The van der Waals surface area contributed by atoms with Gasteiger partial charge in [0.2, 0.25) is 17.8 Å². The molecule has 144 valence electrons. The highest BCUT2D eigenvalue weighted by Gasteiger charge is 2.27. The average molecular weight is 378 g/mol. The van der Waals surface area contributed by atoms with Gasteiger partial charge >= 0.3 is 0 Å². The first-order chi connectivity index (χ1) is 13.7. The van der Waals surface area contributed by atoms with Gasteiger partial charge in [-0.2, -0.15) is 0 Å². The Morgan fingerprint density at radius 1 is 1.14 bits per heavy atom. The van der Waals surface area contributed by atoms with Gasteiger partial charge in [0.05, 0.1) is 12.3 Å². The Morgan fingerprint density at radius 2 is 1.96 bits per heavy atom. The number of carbonyl (C=O) groups is 2. The van der Waals surface area contributed by atoms with E-state index in [1.54, 1.807) is 18.5 Å². The SMILES string of the molecule is O=C(Cc1c[nH]c2ccccc12)NNC(=O)C1CCCN(c2ncccn2)C1. The van der Waals surface area contributed by atoms with Gasteiger partial charge in [-0.15, -0.1) is 0 Å². The first-order valence-electron chi connectivity index (χ1n) is 9.36. The molecule has 1 fully saturated rings. The lowest BCUT2D eigenvalue weighted by atomic mass is 9.98. The number of nitrogens with zero attached hydrogens (tertiary/aromatic N) is 3. The number of piperidine rings is 1. The lowest BCUT2D eigenvalue weighted by Crippen LogP contribution is -2.49. The second-order valence-corrected chi connectivity index (χ2v) is 6.91. The van der Waals surface area contributed by atoms with Crippen LogP contribution >= 0.6 is 0 Å². The van der Waals surface area contributed by atoms with Gasteiger partial charge in [-0.25, -0.2) is 9.97 Å². The molecule has 1 unspecified atom stereocenters. The fourth-order valence-electron chi connectivity index (χ4n) is 3.56. The van der Waals surface area contributed by atoms with Crippen molar-refractivity contribution in [3.8, 4) is 0 Å². The maximum absolute atomic E-state index is 12.5. The fourth-order valence-corrected chi connectivity index (χ4v) is 3.56. The van der Waals surface area contributed by atoms with Crippen molar-refractivity contribution in [3.05, 3.63) is 54.5 Å². The molecule has 0 saturated carbocycles. The van der Waals surface area contributed by atoms with Crippen molar-refractivity contribution < 1.29 is 9.59 Å². The summed E-state index contributed by atoms with van der Waals surface area (Å²) >= 11 is 0. The summed E-state index contributed by atoms with van der Waals surface area (Å²) in [5.41, 5.74) is 6.99. The highest BCUT2D eigenvalue weighted by molar-refractivity contribution is 5.90. The molecular formula is C20H22N6O2. The number of hydrazine groups is 1. The lowest BCUT2D eigenvalue weighted by Gasteiger charge is -2.31. The zero-order valence-electron chi connectivity index (χ0n) is 15.4. The number of amides is 2. The number of H-pyrrole nitrogens is 1. The van der Waals surface area contributed by atoms with E-state index in [4.69, 9.17) is 0 Å². The lowest BCUT2D eigenvalue weighted by molar-refractivity contribution is -0.131. The summed E-state index contributed by atoms with van der Waals surface area (Å²) in [5, 5.41) is 1.01. The molecule has 8 heteroatoms. The van der Waals surface area contributed by atoms with Crippen molar-refractivity contribution in [2.75, 3.05) is 18.0 Å². The summed E-state index contributed by atoms with van der Waals surface area (Å²) in [6.07, 6.45) is 7.05. The third kappa shape index (κ3) is 3.95. The first-order valence-corrected chi connectivity index (χ1v) is 9.36. The summed E-state index contributed by atoms with van der Waals surface area (Å²) in [4.78, 5) is 38.4. The summed E-state index contributed by atoms with van der Waals surface area (Å²) in [6.45, 7) is 1.36. The molecule has 2 amide bonds. The van der Waals surface area contributed by atoms with E-state index >= 15 is 0 Å². The Morgan fingerprint density at radius 3 is 2.82 bits per heavy atom. The van der Waals surface area contributed by atoms with Gasteiger partial charge in [0.15, 0.2) is 0 Å². The Labute approximate surface area is 162 Å². The van der Waals surface area contributed by atoms with E-state index in [1.807, 2.05) is 35.4 Å². The van der Waals surface area contributed by atoms with Gasteiger partial charge in [0.25, 0.3) is 0 Å². The molecule has 8 nitrogen and oxygen atoms in total. The molecule has 0 spiro atoms. The minimum absolute atomic E-state index is 0.187. The molecule has 3 N–H and O–H groups in total. The maximum atomic E-state index is 12.5. The van der Waals surface area contributed by atoms with E-state index in [0.717, 1.165) is 35.9 Å². The van der Waals surface area contributed by atoms with Gasteiger partial charge in [0.1, 0.15) is 0 Å². The molecule has 1 aromatic carbocycles. The van der Waals surface area contributed by atoms with E-state index < -0.39 is 0 Å². The number of hydrogen-bond acceptors (Lipinski definition) is 5. The molecule has 1 saturated heterocycles. The van der Waals surface area contributed by atoms with Gasteiger partial charge in [0, 0.05) is 42.6 Å². The summed E-state index contributed by atoms with van der Waals surface area (Å²) in [5.74, 6) is -0.0283. The van der Waals surface area contributed by atoms with Crippen LogP contribution in [-0.2, 0) is 16.0 Å². The van der Waals surface area contributed by atoms with Crippen LogP contribution in [0.15, 0.2) is 48.9 Å². The Balaban J connectivity index is 1.30. The molecule has 4 rings (SSSR count). The number of benzene rings is 1. The Hall–Kier alpha value is -3.42. The van der Waals surface area contributed by atoms with Crippen molar-refractivity contribution in [2.24, 2.45) is 5.92 Å². The quantitative estimate of drug-likeness (QED) is 0.598. The maximum Gasteiger partial charge on any atom is 0.243 e. The fraction of sp³-hybridized carbons (Fsp3) is 0.300. The summed E-state index contributed by atoms with van der Waals surface area (Å²) in [6, 6.07) is 9.57. The Kier molecular flexibility index (Phi) is 5.18. The molecule has 1 aliphatic rings. The average Bonchev–Trinajstić information content (AvgIpc) is 3.15. The van der Waals surface area contributed by atoms with Crippen LogP contribution in [0.4, 0.5) is 5.95 Å². The molecule has 1 aliphatic heterocycles. The molecular weight excluding hydrogens is 356 g/mol. The third-order valence-corrected chi connectivity index (χ3v) is 4.98. The highest BCUT2D eigenvalue weighted by atomic mass is 16.2. The minimum Gasteiger partial charge on any atom is -0.361 e. The number of fused-ring (bicyclic) bond motifs is 1. The zero-order valence-corrected chi connectivity index (χ0v) is 15.4. The van der Waals surface area contributed by atoms with Crippen LogP contribution in [0.2, 0.25) is 0 Å². The van der Waals surface area contributed by atoms with Gasteiger partial charge in [-0.05, 0) is 30.5 Å². The summed E-state index contributed by atoms with van der Waals surface area (Å²) < 4.78 is 0. The standard InChI is InChI=1S/C20H22N6O2/c27-18(11-15-12-23-17-7-2-1-6-16(15)17)24-25-19(28)14-5-3-10-26(13-14)20-21-8-4-9-22-20/h1-2,4,6-9,12,14,23H,3,5,10-11,13H2,(H,24,27)(H,25,28). The van der Waals surface area contributed by atoms with Crippen molar-refractivity contribution >= 4 is 28.7 Å². The van der Waals surface area contributed by atoms with E-state index in [-0.39, 0.29) is 24.2 Å². The number of rotatable bonds is 4. The highest BCUT2D eigenvalue weighted by Crippen LogP contribution is 2.20. The van der Waals surface area contributed by atoms with Crippen molar-refractivity contribution in [2.45, 2.75) is 19.3 Å². The predicted octanol–water partition coefficient (Wildman–Crippen LogP) is 1.56. The van der Waals surface area contributed by atoms with Gasteiger partial charge < -0.3 is 9.88 Å². The van der Waals surface area contributed by atoms with Crippen LogP contribution in [0, 0.1) is 5.92 Å². The number of aromatic nitrogens is 3. The van der Waals surface area contributed by atoms with Crippen LogP contribution in [0.25, 0.3) is 10.9 Å². The number of anilines is 1. The molecule has 2 aromatic heterocycles. The van der Waals surface area contributed by atoms with E-state index in [1.165, 1.54) is 0 Å². The largest absolute Gasteiger partial charge is 0.361 e. The third-order valence-electron chi connectivity index (χ3n) is 4.98. The number of carbonyl (C=O) groups excluding carboxylic acids is 2. The van der Waals surface area contributed by atoms with Gasteiger partial charge in [-0.3, -0.25) is 20.4 Å². The predicted molar refractivity (Wildman–Crippen MR) is 105 cm³/mol. The van der Waals surface area contributed by atoms with Crippen LogP contribution in [0.3, 0.4) is 0 Å². The topological polar surface area (TPSA) is 103 Å². The second-order valence-electron chi connectivity index (χ2n) is 6.91. The monoisotopic (exact) mass is 378 g/mol. The number of aromatic amines is 1. The molecule has 28 heavy (non-hydrogen) atoms. The van der Waals surface area contributed by atoms with Crippen LogP contribution < -0.4 is 15.8 Å². The van der Waals surface area contributed by atoms with Crippen LogP contribution in [0.5, 0.6) is 0 Å². The van der Waals surface area contributed by atoms with Crippen LogP contribution in [-0.4, -0.2) is 39.9 Å². The number of hydrogen-bond donors (Lipinski definition) is 3. The minimum atomic E-state index is -0.253. The van der Waals surface area contributed by atoms with E-state index in [9.17, 15) is 9.59 Å². The van der Waals surface area contributed by atoms with E-state index in [0.29, 0.717) is 12.5 Å². The molecule has 3 aromatic rings. The first kappa shape index (κ1) is 18.0. The van der Waals surface area contributed by atoms with Crippen molar-refractivity contribution in [1.82, 2.24) is 25.8 Å². The second kappa shape index (κ2) is 8.08. The van der Waals surface area contributed by atoms with Gasteiger partial charge in [-0.1, -0.05) is 18.2 Å². The molecule has 0 radical (unpaired) electrons. The smallest absolute Gasteiger partial charge is 0.243 e. The summed E-state index contributed by atoms with van der Waals surface area (Å²) in [7, 11) is 0. The molecule has 0 aliphatic carbocycles. The van der Waals surface area contributed by atoms with E-state index in [2.05, 4.69) is 25.8 Å². The Bertz CT molecular complexity index is 971. The normalized spacial score (nSPS) is 16.7. The molecule has 1 atom stereocenters. The number of nitrogens with one attached hydrogen (secondary N) is 3. The van der Waals surface area contributed by atoms with Crippen LogP contribution in [0.1, 0.15) is 18.4 Å². The molecule has 0 bridgehead atoms.